The van der Waals surface area contributed by atoms with E-state index in [1.54, 1.807) is 18.4 Å². The van der Waals surface area contributed by atoms with Crippen LogP contribution in [0.1, 0.15) is 15.8 Å². The fraction of sp³-hybridized carbons (Fsp3) is 0.286. The van der Waals surface area contributed by atoms with Gasteiger partial charge in [0.2, 0.25) is 0 Å². The van der Waals surface area contributed by atoms with Crippen molar-refractivity contribution in [1.82, 2.24) is 0 Å². The molecule has 6 heteroatoms. The van der Waals surface area contributed by atoms with Crippen molar-refractivity contribution in [2.24, 2.45) is 0 Å². The summed E-state index contributed by atoms with van der Waals surface area (Å²) in [7, 11) is 1.64. The van der Waals surface area contributed by atoms with E-state index in [2.05, 4.69) is 15.9 Å². The average Bonchev–Trinajstić information content (AvgIpc) is 2.86. The first-order valence-electron chi connectivity index (χ1n) is 5.91. The number of hydrogen-bond donors (Lipinski definition) is 0. The summed E-state index contributed by atoms with van der Waals surface area (Å²) >= 11 is 17.6. The summed E-state index contributed by atoms with van der Waals surface area (Å²) < 4.78 is 11.4. The number of methoxy groups -OCH3 is 1. The van der Waals surface area contributed by atoms with Gasteiger partial charge in [-0.3, -0.25) is 0 Å². The molecule has 0 aliphatic heterocycles. The molecule has 2 nitrogen and oxygen atoms in total. The Bertz CT molecular complexity index is 574. The van der Waals surface area contributed by atoms with Crippen LogP contribution in [0.3, 0.4) is 0 Å². The summed E-state index contributed by atoms with van der Waals surface area (Å²) in [5.41, 5.74) is 0.974. The minimum atomic E-state index is -0.258. The third kappa shape index (κ3) is 3.89. The number of thiophene rings is 1. The monoisotopic (exact) mass is 394 g/mol. The number of ether oxygens (including phenoxy) is 2. The van der Waals surface area contributed by atoms with Crippen molar-refractivity contribution in [3.63, 3.8) is 0 Å². The molecule has 0 spiro atoms. The van der Waals surface area contributed by atoms with Gasteiger partial charge in [-0.25, -0.2) is 0 Å². The third-order valence-electron chi connectivity index (χ3n) is 2.67. The Labute approximate surface area is 140 Å². The van der Waals surface area contributed by atoms with E-state index >= 15 is 0 Å². The Morgan fingerprint density at radius 2 is 2.10 bits per heavy atom. The minimum Gasteiger partial charge on any atom is -0.490 e. The molecule has 108 valence electrons. The van der Waals surface area contributed by atoms with Crippen LogP contribution in [0.15, 0.2) is 34.1 Å². The highest BCUT2D eigenvalue weighted by molar-refractivity contribution is 9.10. The Kier molecular flexibility index (Phi) is 6.18. The molecular weight excluding hydrogens is 383 g/mol. The fourth-order valence-corrected chi connectivity index (χ4v) is 3.81. The van der Waals surface area contributed by atoms with Crippen molar-refractivity contribution >= 4 is 50.5 Å². The van der Waals surface area contributed by atoms with Gasteiger partial charge >= 0.3 is 0 Å². The molecule has 0 aliphatic rings. The first-order valence-corrected chi connectivity index (χ1v) is 8.40. The lowest BCUT2D eigenvalue weighted by atomic mass is 10.1. The first-order chi connectivity index (χ1) is 9.63. The summed E-state index contributed by atoms with van der Waals surface area (Å²) in [5.74, 6) is 0.770. The summed E-state index contributed by atoms with van der Waals surface area (Å²) in [6.07, 6.45) is 0. The van der Waals surface area contributed by atoms with Crippen LogP contribution in [0.25, 0.3) is 0 Å². The number of benzene rings is 1. The molecule has 2 rings (SSSR count). The highest BCUT2D eigenvalue weighted by Crippen LogP contribution is 2.39. The molecule has 0 saturated heterocycles. The second-order valence-corrected chi connectivity index (χ2v) is 6.67. The second-order valence-electron chi connectivity index (χ2n) is 4.03. The maximum absolute atomic E-state index is 6.47. The number of alkyl halides is 1. The lowest BCUT2D eigenvalue weighted by Gasteiger charge is -2.12. The summed E-state index contributed by atoms with van der Waals surface area (Å²) in [6, 6.07) is 7.65. The van der Waals surface area contributed by atoms with Gasteiger partial charge in [-0.1, -0.05) is 17.7 Å². The number of rotatable bonds is 6. The predicted molar refractivity (Wildman–Crippen MR) is 88.5 cm³/mol. The normalized spacial score (nSPS) is 12.4. The molecule has 0 N–H and O–H groups in total. The molecule has 0 amide bonds. The van der Waals surface area contributed by atoms with Crippen LogP contribution in [0, 0.1) is 0 Å². The summed E-state index contributed by atoms with van der Waals surface area (Å²) in [5, 5.41) is 2.38. The van der Waals surface area contributed by atoms with Crippen LogP contribution in [-0.4, -0.2) is 20.3 Å². The highest BCUT2D eigenvalue weighted by atomic mass is 79.9. The van der Waals surface area contributed by atoms with Crippen molar-refractivity contribution < 1.29 is 9.47 Å². The quantitative estimate of drug-likeness (QED) is 0.473. The van der Waals surface area contributed by atoms with E-state index in [-0.39, 0.29) is 5.38 Å². The van der Waals surface area contributed by atoms with Gasteiger partial charge in [0.1, 0.15) is 12.4 Å². The second kappa shape index (κ2) is 7.66. The predicted octanol–water partition coefficient (Wildman–Crippen LogP) is 5.52. The summed E-state index contributed by atoms with van der Waals surface area (Å²) in [4.78, 5) is 0.952. The fourth-order valence-electron chi connectivity index (χ4n) is 1.66. The molecule has 1 heterocycles. The molecule has 0 fully saturated rings. The molecule has 0 radical (unpaired) electrons. The van der Waals surface area contributed by atoms with E-state index in [0.717, 1.165) is 20.7 Å². The molecule has 0 aliphatic carbocycles. The van der Waals surface area contributed by atoms with Crippen molar-refractivity contribution in [2.45, 2.75) is 5.38 Å². The van der Waals surface area contributed by atoms with E-state index in [0.29, 0.717) is 18.2 Å². The lowest BCUT2D eigenvalue weighted by Crippen LogP contribution is -2.04. The highest BCUT2D eigenvalue weighted by Gasteiger charge is 2.17. The molecule has 2 aromatic rings. The lowest BCUT2D eigenvalue weighted by molar-refractivity contribution is 0.146. The minimum absolute atomic E-state index is 0.258. The van der Waals surface area contributed by atoms with Crippen molar-refractivity contribution in [3.8, 4) is 5.75 Å². The van der Waals surface area contributed by atoms with Gasteiger partial charge in [-0.15, -0.1) is 22.9 Å². The van der Waals surface area contributed by atoms with Gasteiger partial charge in [0.05, 0.1) is 21.5 Å². The Balaban J connectivity index is 2.14. The maximum Gasteiger partial charge on any atom is 0.133 e. The zero-order valence-electron chi connectivity index (χ0n) is 10.7. The van der Waals surface area contributed by atoms with Gasteiger partial charge in [-0.05, 0) is 45.1 Å². The molecule has 1 aromatic heterocycles. The van der Waals surface area contributed by atoms with E-state index in [9.17, 15) is 0 Å². The van der Waals surface area contributed by atoms with Crippen LogP contribution in [0.4, 0.5) is 0 Å². The van der Waals surface area contributed by atoms with Gasteiger partial charge in [0.25, 0.3) is 0 Å². The van der Waals surface area contributed by atoms with Crippen LogP contribution in [0.2, 0.25) is 5.02 Å². The van der Waals surface area contributed by atoms with Crippen LogP contribution in [0.5, 0.6) is 5.75 Å². The third-order valence-corrected chi connectivity index (χ3v) is 5.31. The molecular formula is C14H13BrCl2O2S. The average molecular weight is 396 g/mol. The summed E-state index contributed by atoms with van der Waals surface area (Å²) in [6.45, 7) is 1.06. The number of hydrogen-bond acceptors (Lipinski definition) is 3. The zero-order valence-corrected chi connectivity index (χ0v) is 14.7. The molecule has 1 atom stereocenters. The molecule has 20 heavy (non-hydrogen) atoms. The Morgan fingerprint density at radius 1 is 1.30 bits per heavy atom. The van der Waals surface area contributed by atoms with E-state index in [1.807, 2.05) is 29.6 Å². The SMILES string of the molecule is COCCOc1ccc(C(Cl)c2sccc2Cl)cc1Br. The molecule has 0 saturated carbocycles. The van der Waals surface area contributed by atoms with Crippen molar-refractivity contribution in [3.05, 3.63) is 49.6 Å². The maximum atomic E-state index is 6.47. The molecule has 1 aromatic carbocycles. The first kappa shape index (κ1) is 16.1. The van der Waals surface area contributed by atoms with E-state index in [4.69, 9.17) is 32.7 Å². The zero-order chi connectivity index (χ0) is 14.5. The van der Waals surface area contributed by atoms with Crippen molar-refractivity contribution in [2.75, 3.05) is 20.3 Å². The smallest absolute Gasteiger partial charge is 0.133 e. The van der Waals surface area contributed by atoms with Gasteiger partial charge in [0, 0.05) is 12.0 Å². The van der Waals surface area contributed by atoms with Gasteiger partial charge < -0.3 is 9.47 Å². The van der Waals surface area contributed by atoms with E-state index < -0.39 is 0 Å². The van der Waals surface area contributed by atoms with Crippen LogP contribution in [-0.2, 0) is 4.74 Å². The van der Waals surface area contributed by atoms with Crippen LogP contribution < -0.4 is 4.74 Å². The van der Waals surface area contributed by atoms with E-state index in [1.165, 1.54) is 0 Å². The van der Waals surface area contributed by atoms with Gasteiger partial charge in [0.15, 0.2) is 0 Å². The standard InChI is InChI=1S/C14H13BrCl2O2S/c1-18-5-6-19-12-3-2-9(8-10(12)15)13(17)14-11(16)4-7-20-14/h2-4,7-8,13H,5-6H2,1H3. The largest absolute Gasteiger partial charge is 0.490 e. The molecule has 0 bridgehead atoms. The molecule has 1 unspecified atom stereocenters. The Hall–Kier alpha value is -0.260. The van der Waals surface area contributed by atoms with Crippen molar-refractivity contribution in [1.29, 1.82) is 0 Å². The van der Waals surface area contributed by atoms with Gasteiger partial charge in [-0.2, -0.15) is 0 Å². The Morgan fingerprint density at radius 3 is 2.70 bits per heavy atom. The number of halogens is 3. The topological polar surface area (TPSA) is 18.5 Å². The van der Waals surface area contributed by atoms with Crippen LogP contribution >= 0.6 is 50.5 Å².